The van der Waals surface area contributed by atoms with Crippen LogP contribution in [-0.4, -0.2) is 23.3 Å². The summed E-state index contributed by atoms with van der Waals surface area (Å²) in [6, 6.07) is 1.90. The van der Waals surface area contributed by atoms with Crippen LogP contribution in [0.4, 0.5) is 0 Å². The predicted molar refractivity (Wildman–Crippen MR) is 77.2 cm³/mol. The number of nitrogens with zero attached hydrogens (tertiary/aromatic N) is 1. The van der Waals surface area contributed by atoms with Gasteiger partial charge < -0.3 is 9.15 Å². The van der Waals surface area contributed by atoms with Crippen molar-refractivity contribution in [3.8, 4) is 10.6 Å². The van der Waals surface area contributed by atoms with Crippen LogP contribution < -0.4 is 0 Å². The fraction of sp³-hybridized carbons (Fsp3) is 0.385. The summed E-state index contributed by atoms with van der Waals surface area (Å²) in [7, 11) is 1.41. The normalized spacial score (nSPS) is 12.3. The molecule has 0 N–H and O–H groups in total. The maximum atomic E-state index is 11.1. The largest absolute Gasteiger partial charge is 0.472 e. The van der Waals surface area contributed by atoms with Gasteiger partial charge >= 0.3 is 5.97 Å². The molecule has 4 nitrogen and oxygen atoms in total. The van der Waals surface area contributed by atoms with Gasteiger partial charge in [-0.15, -0.1) is 11.3 Å². The van der Waals surface area contributed by atoms with Crippen LogP contribution in [0, 0.1) is 0 Å². The van der Waals surface area contributed by atoms with Crippen LogP contribution in [0.5, 0.6) is 0 Å². The maximum absolute atomic E-state index is 11.1. The minimum Gasteiger partial charge on any atom is -0.472 e. The number of aromatic nitrogens is 1. The van der Waals surface area contributed by atoms with Crippen molar-refractivity contribution in [1.82, 2.24) is 4.98 Å². The summed E-state index contributed by atoms with van der Waals surface area (Å²) in [5, 5.41) is 3.23. The van der Waals surface area contributed by atoms with Crippen molar-refractivity contribution in [2.75, 3.05) is 7.11 Å². The SMILES string of the molecule is COC(=O)C[C@@H](C)SCc1csc(-c2ccoc2)n1. The fourth-order valence-corrected chi connectivity index (χ4v) is 3.27. The summed E-state index contributed by atoms with van der Waals surface area (Å²) in [5.41, 5.74) is 2.03. The molecule has 0 amide bonds. The molecule has 0 radical (unpaired) electrons. The number of esters is 1. The second kappa shape index (κ2) is 6.77. The topological polar surface area (TPSA) is 52.3 Å². The highest BCUT2D eigenvalue weighted by Gasteiger charge is 2.11. The van der Waals surface area contributed by atoms with Gasteiger partial charge in [0, 0.05) is 21.9 Å². The average molecular weight is 297 g/mol. The third-order valence-electron chi connectivity index (χ3n) is 2.52. The molecule has 1 atom stereocenters. The first-order valence-electron chi connectivity index (χ1n) is 5.84. The second-order valence-electron chi connectivity index (χ2n) is 4.06. The molecule has 0 saturated heterocycles. The minimum absolute atomic E-state index is 0.169. The maximum Gasteiger partial charge on any atom is 0.306 e. The lowest BCUT2D eigenvalue weighted by molar-refractivity contribution is -0.140. The van der Waals surface area contributed by atoms with Crippen LogP contribution in [0.3, 0.4) is 0 Å². The van der Waals surface area contributed by atoms with Crippen molar-refractivity contribution in [3.05, 3.63) is 29.7 Å². The molecular formula is C13H15NO3S2. The van der Waals surface area contributed by atoms with Gasteiger partial charge in [0.15, 0.2) is 0 Å². The molecule has 0 spiro atoms. The number of thioether (sulfide) groups is 1. The van der Waals surface area contributed by atoms with Crippen molar-refractivity contribution in [3.63, 3.8) is 0 Å². The second-order valence-corrected chi connectivity index (χ2v) is 6.34. The van der Waals surface area contributed by atoms with Crippen LogP contribution in [0.1, 0.15) is 19.0 Å². The standard InChI is InChI=1S/C13H15NO3S2/c1-9(5-12(15)16-2)18-7-11-8-19-13(14-11)10-3-4-17-6-10/h3-4,6,8-9H,5,7H2,1-2H3/t9-/m1/s1. The number of thiazole rings is 1. The number of hydrogen-bond donors (Lipinski definition) is 0. The Hall–Kier alpha value is -1.27. The fourth-order valence-electron chi connectivity index (χ4n) is 1.50. The molecule has 0 fully saturated rings. The van der Waals surface area contributed by atoms with Gasteiger partial charge in [0.1, 0.15) is 11.3 Å². The summed E-state index contributed by atoms with van der Waals surface area (Å²) in [4.78, 5) is 15.7. The van der Waals surface area contributed by atoms with E-state index in [0.29, 0.717) is 6.42 Å². The Bertz CT molecular complexity index is 522. The minimum atomic E-state index is -0.169. The van der Waals surface area contributed by atoms with E-state index in [9.17, 15) is 4.79 Å². The Morgan fingerprint density at radius 3 is 3.16 bits per heavy atom. The van der Waals surface area contributed by atoms with Crippen molar-refractivity contribution >= 4 is 29.1 Å². The Morgan fingerprint density at radius 1 is 1.63 bits per heavy atom. The summed E-state index contributed by atoms with van der Waals surface area (Å²) >= 11 is 3.30. The molecule has 0 unspecified atom stereocenters. The molecule has 0 aliphatic rings. The molecule has 0 bridgehead atoms. The van der Waals surface area contributed by atoms with Crippen molar-refractivity contribution in [1.29, 1.82) is 0 Å². The van der Waals surface area contributed by atoms with Gasteiger partial charge in [0.05, 0.1) is 25.5 Å². The zero-order chi connectivity index (χ0) is 13.7. The van der Waals surface area contributed by atoms with E-state index in [4.69, 9.17) is 4.42 Å². The van der Waals surface area contributed by atoms with Crippen molar-refractivity contribution in [2.45, 2.75) is 24.3 Å². The highest BCUT2D eigenvalue weighted by molar-refractivity contribution is 7.99. The van der Waals surface area contributed by atoms with E-state index < -0.39 is 0 Å². The molecule has 2 heterocycles. The monoisotopic (exact) mass is 297 g/mol. The van der Waals surface area contributed by atoms with Crippen LogP contribution >= 0.6 is 23.1 Å². The van der Waals surface area contributed by atoms with Crippen LogP contribution in [-0.2, 0) is 15.3 Å². The summed E-state index contributed by atoms with van der Waals surface area (Å²) in [5.74, 6) is 0.629. The Kier molecular flexibility index (Phi) is 5.04. The van der Waals surface area contributed by atoms with Gasteiger partial charge in [-0.2, -0.15) is 11.8 Å². The highest BCUT2D eigenvalue weighted by atomic mass is 32.2. The van der Waals surface area contributed by atoms with E-state index >= 15 is 0 Å². The molecule has 102 valence electrons. The van der Waals surface area contributed by atoms with Crippen LogP contribution in [0.25, 0.3) is 10.6 Å². The first-order chi connectivity index (χ1) is 9.19. The molecule has 2 aromatic rings. The number of ether oxygens (including phenoxy) is 1. The zero-order valence-corrected chi connectivity index (χ0v) is 12.4. The summed E-state index contributed by atoms with van der Waals surface area (Å²) in [6.07, 6.45) is 3.76. The van der Waals surface area contributed by atoms with Gasteiger partial charge in [0.25, 0.3) is 0 Å². The quantitative estimate of drug-likeness (QED) is 0.763. The first-order valence-corrected chi connectivity index (χ1v) is 7.77. The molecule has 0 aromatic carbocycles. The number of carbonyl (C=O) groups excluding carboxylic acids is 1. The lowest BCUT2D eigenvalue weighted by Gasteiger charge is -2.08. The molecule has 19 heavy (non-hydrogen) atoms. The van der Waals surface area contributed by atoms with E-state index in [1.165, 1.54) is 7.11 Å². The van der Waals surface area contributed by atoms with Gasteiger partial charge in [-0.1, -0.05) is 6.92 Å². The van der Waals surface area contributed by atoms with Gasteiger partial charge in [-0.25, -0.2) is 4.98 Å². The zero-order valence-electron chi connectivity index (χ0n) is 10.8. The van der Waals surface area contributed by atoms with E-state index in [-0.39, 0.29) is 11.2 Å². The molecule has 0 aliphatic carbocycles. The number of furan rings is 1. The van der Waals surface area contributed by atoms with E-state index in [1.807, 2.05) is 18.4 Å². The van der Waals surface area contributed by atoms with Crippen LogP contribution in [0.15, 0.2) is 28.4 Å². The highest BCUT2D eigenvalue weighted by Crippen LogP contribution is 2.27. The third-order valence-corrected chi connectivity index (χ3v) is 4.66. The van der Waals surface area contributed by atoms with Gasteiger partial charge in [0.2, 0.25) is 0 Å². The Morgan fingerprint density at radius 2 is 2.47 bits per heavy atom. The predicted octanol–water partition coefficient (Wildman–Crippen LogP) is 3.59. The number of hydrogen-bond acceptors (Lipinski definition) is 6. The van der Waals surface area contributed by atoms with E-state index in [0.717, 1.165) is 22.0 Å². The molecule has 2 rings (SSSR count). The third kappa shape index (κ3) is 4.11. The van der Waals surface area contributed by atoms with Gasteiger partial charge in [-0.3, -0.25) is 4.79 Å². The van der Waals surface area contributed by atoms with Crippen molar-refractivity contribution in [2.24, 2.45) is 0 Å². The average Bonchev–Trinajstić information content (AvgIpc) is 3.06. The van der Waals surface area contributed by atoms with Gasteiger partial charge in [-0.05, 0) is 6.07 Å². The number of carbonyl (C=O) groups is 1. The van der Waals surface area contributed by atoms with Crippen LogP contribution in [0.2, 0.25) is 0 Å². The lowest BCUT2D eigenvalue weighted by Crippen LogP contribution is -2.08. The first kappa shape index (κ1) is 14.1. The molecule has 6 heteroatoms. The molecule has 0 aliphatic heterocycles. The van der Waals surface area contributed by atoms with E-state index in [1.54, 1.807) is 35.6 Å². The molecule has 2 aromatic heterocycles. The summed E-state index contributed by atoms with van der Waals surface area (Å²) in [6.45, 7) is 2.02. The number of rotatable bonds is 6. The molecular weight excluding hydrogens is 282 g/mol. The molecule has 0 saturated carbocycles. The lowest BCUT2D eigenvalue weighted by atomic mass is 10.3. The Labute approximate surface area is 120 Å². The number of methoxy groups -OCH3 is 1. The smallest absolute Gasteiger partial charge is 0.306 e. The van der Waals surface area contributed by atoms with E-state index in [2.05, 4.69) is 9.72 Å². The summed E-state index contributed by atoms with van der Waals surface area (Å²) < 4.78 is 9.69. The Balaban J connectivity index is 1.85. The van der Waals surface area contributed by atoms with Crippen molar-refractivity contribution < 1.29 is 13.9 Å².